The van der Waals surface area contributed by atoms with Gasteiger partial charge in [-0.2, -0.15) is 5.10 Å². The summed E-state index contributed by atoms with van der Waals surface area (Å²) in [5.41, 5.74) is 6.97. The van der Waals surface area contributed by atoms with Crippen LogP contribution in [0.5, 0.6) is 5.75 Å². The van der Waals surface area contributed by atoms with Crippen molar-refractivity contribution >= 4 is 33.4 Å². The minimum Gasteiger partial charge on any atom is -0.492 e. The minimum atomic E-state index is -0.517. The van der Waals surface area contributed by atoms with E-state index in [1.807, 2.05) is 82.2 Å². The first-order valence-electron chi connectivity index (χ1n) is 14.5. The number of hydrogen-bond donors (Lipinski definition) is 3. The molecule has 44 heavy (non-hydrogen) atoms. The maximum atomic E-state index is 14.7. The number of hydrogen-bond acceptors (Lipinski definition) is 5. The molecule has 0 spiro atoms. The second kappa shape index (κ2) is 11.6. The fourth-order valence-electron chi connectivity index (χ4n) is 5.07. The van der Waals surface area contributed by atoms with Crippen molar-refractivity contribution in [1.29, 1.82) is 0 Å². The summed E-state index contributed by atoms with van der Waals surface area (Å²) >= 11 is 0. The number of carbonyl (C=O) groups is 1. The molecule has 0 bridgehead atoms. The van der Waals surface area contributed by atoms with Gasteiger partial charge in [0.05, 0.1) is 23.1 Å². The van der Waals surface area contributed by atoms with Crippen LogP contribution in [0.2, 0.25) is 0 Å². The van der Waals surface area contributed by atoms with Gasteiger partial charge in [0.15, 0.2) is 0 Å². The Morgan fingerprint density at radius 1 is 0.932 bits per heavy atom. The van der Waals surface area contributed by atoms with Crippen molar-refractivity contribution < 1.29 is 13.9 Å². The van der Waals surface area contributed by atoms with Crippen molar-refractivity contribution in [3.05, 3.63) is 84.9 Å². The molecule has 9 heteroatoms. The monoisotopic (exact) mass is 590 g/mol. The van der Waals surface area contributed by atoms with Gasteiger partial charge in [0.2, 0.25) is 5.91 Å². The molecular weight excluding hydrogens is 555 g/mol. The second-order valence-corrected chi connectivity index (χ2v) is 12.3. The zero-order chi connectivity index (χ0) is 31.0. The molecule has 0 saturated heterocycles. The summed E-state index contributed by atoms with van der Waals surface area (Å²) in [5.74, 6) is 0.0722. The lowest BCUT2D eigenvalue weighted by Crippen LogP contribution is -2.27. The van der Waals surface area contributed by atoms with Crippen molar-refractivity contribution in [2.45, 2.75) is 20.8 Å². The number of rotatable bonds is 8. The largest absolute Gasteiger partial charge is 0.492 e. The molecule has 3 N–H and O–H groups in total. The van der Waals surface area contributed by atoms with Gasteiger partial charge in [-0.05, 0) is 73.3 Å². The highest BCUT2D eigenvalue weighted by molar-refractivity contribution is 6.02. The number of carbonyl (C=O) groups excluding carboxylic acids is 1. The van der Waals surface area contributed by atoms with Crippen LogP contribution in [0.3, 0.4) is 0 Å². The van der Waals surface area contributed by atoms with Crippen LogP contribution in [0.15, 0.2) is 79.1 Å². The molecule has 0 radical (unpaired) electrons. The minimum absolute atomic E-state index is 0.0754. The maximum Gasteiger partial charge on any atom is 0.229 e. The molecule has 0 unspecified atom stereocenters. The van der Waals surface area contributed by atoms with E-state index in [0.717, 1.165) is 62.0 Å². The van der Waals surface area contributed by atoms with E-state index in [2.05, 4.69) is 37.6 Å². The Balaban J connectivity index is 1.35. The number of fused-ring (bicyclic) bond motifs is 2. The van der Waals surface area contributed by atoms with Crippen molar-refractivity contribution in [3.63, 3.8) is 0 Å². The Bertz CT molecular complexity index is 1990. The number of ether oxygens (including phenoxy) is 1. The molecule has 0 atom stereocenters. The van der Waals surface area contributed by atoms with Crippen LogP contribution >= 0.6 is 0 Å². The maximum absolute atomic E-state index is 14.7. The van der Waals surface area contributed by atoms with Gasteiger partial charge < -0.3 is 19.9 Å². The van der Waals surface area contributed by atoms with Crippen LogP contribution in [-0.2, 0) is 4.79 Å². The van der Waals surface area contributed by atoms with Crippen molar-refractivity contribution in [2.24, 2.45) is 5.41 Å². The highest BCUT2D eigenvalue weighted by atomic mass is 19.1. The fourth-order valence-corrected chi connectivity index (χ4v) is 5.07. The van der Waals surface area contributed by atoms with E-state index in [4.69, 9.17) is 4.74 Å². The Hall–Kier alpha value is -5.02. The predicted octanol–water partition coefficient (Wildman–Crippen LogP) is 7.50. The molecule has 224 valence electrons. The number of nitrogens with zero attached hydrogens (tertiary/aromatic N) is 3. The van der Waals surface area contributed by atoms with Crippen molar-refractivity contribution in [3.8, 4) is 39.4 Å². The normalized spacial score (nSPS) is 11.9. The van der Waals surface area contributed by atoms with Crippen LogP contribution in [0.25, 0.3) is 55.4 Å². The summed E-state index contributed by atoms with van der Waals surface area (Å²) in [7, 11) is 3.94. The van der Waals surface area contributed by atoms with Crippen molar-refractivity contribution in [1.82, 2.24) is 25.1 Å². The van der Waals surface area contributed by atoms with Gasteiger partial charge in [-0.3, -0.25) is 14.9 Å². The number of amides is 1. The molecular formula is C35H35FN6O2. The summed E-state index contributed by atoms with van der Waals surface area (Å²) < 4.78 is 20.5. The van der Waals surface area contributed by atoms with E-state index in [9.17, 15) is 9.18 Å². The summed E-state index contributed by atoms with van der Waals surface area (Å²) in [6, 6.07) is 20.8. The number of H-pyrrole nitrogens is 2. The van der Waals surface area contributed by atoms with E-state index in [0.29, 0.717) is 18.0 Å². The van der Waals surface area contributed by atoms with Crippen LogP contribution in [0, 0.1) is 11.2 Å². The zero-order valence-electron chi connectivity index (χ0n) is 25.5. The smallest absolute Gasteiger partial charge is 0.229 e. The van der Waals surface area contributed by atoms with E-state index < -0.39 is 5.41 Å². The Morgan fingerprint density at radius 3 is 2.57 bits per heavy atom. The van der Waals surface area contributed by atoms with Gasteiger partial charge in [-0.1, -0.05) is 39.0 Å². The van der Waals surface area contributed by atoms with Gasteiger partial charge in [0.25, 0.3) is 0 Å². The third-order valence-electron chi connectivity index (χ3n) is 7.48. The number of aromatic nitrogens is 4. The molecule has 0 aliphatic heterocycles. The van der Waals surface area contributed by atoms with E-state index in [1.54, 1.807) is 12.4 Å². The molecule has 3 aromatic carbocycles. The zero-order valence-corrected chi connectivity index (χ0v) is 25.5. The highest BCUT2D eigenvalue weighted by Gasteiger charge is 2.21. The summed E-state index contributed by atoms with van der Waals surface area (Å²) in [6.45, 7) is 6.82. The average Bonchev–Trinajstić information content (AvgIpc) is 3.60. The lowest BCUT2D eigenvalue weighted by molar-refractivity contribution is -0.123. The standard InChI is InChI=1S/C35H35FN6O2/c1-35(2,3)34(43)38-25-14-23(19-37-20-25)21-9-10-31-29(16-21)33(41-40-31)32-18-28-27(7-6-8-30(28)39-32)22-13-24(36)17-26(15-22)44-12-11-42(4)5/h6-10,13-20,39H,11-12H2,1-5H3,(H,38,43)(H,40,41). The number of halogens is 1. The number of likely N-dealkylation sites (N-methyl/N-ethyl adjacent to an activating group) is 1. The second-order valence-electron chi connectivity index (χ2n) is 12.3. The first-order chi connectivity index (χ1) is 21.0. The number of anilines is 1. The fraction of sp³-hybridized carbons (Fsp3) is 0.229. The third-order valence-corrected chi connectivity index (χ3v) is 7.48. The quantitative estimate of drug-likeness (QED) is 0.170. The molecule has 1 amide bonds. The van der Waals surface area contributed by atoms with Crippen LogP contribution in [0.1, 0.15) is 20.8 Å². The molecule has 0 fully saturated rings. The van der Waals surface area contributed by atoms with Gasteiger partial charge >= 0.3 is 0 Å². The van der Waals surface area contributed by atoms with Gasteiger partial charge in [-0.25, -0.2) is 4.39 Å². The first kappa shape index (κ1) is 29.1. The number of aromatic amines is 2. The molecule has 6 aromatic rings. The van der Waals surface area contributed by atoms with E-state index in [1.165, 1.54) is 12.1 Å². The molecule has 0 saturated carbocycles. The number of pyridine rings is 1. The Kier molecular flexibility index (Phi) is 7.65. The Morgan fingerprint density at radius 2 is 1.77 bits per heavy atom. The highest BCUT2D eigenvalue weighted by Crippen LogP contribution is 2.36. The van der Waals surface area contributed by atoms with Crippen LogP contribution in [0.4, 0.5) is 10.1 Å². The van der Waals surface area contributed by atoms with E-state index in [-0.39, 0.29) is 11.7 Å². The molecule has 0 aliphatic rings. The molecule has 3 heterocycles. The summed E-state index contributed by atoms with van der Waals surface area (Å²) in [5, 5.41) is 12.6. The number of nitrogens with one attached hydrogen (secondary N) is 3. The van der Waals surface area contributed by atoms with E-state index >= 15 is 0 Å². The van der Waals surface area contributed by atoms with Gasteiger partial charge in [0, 0.05) is 46.1 Å². The Labute approximate surface area is 255 Å². The first-order valence-corrected chi connectivity index (χ1v) is 14.5. The molecule has 8 nitrogen and oxygen atoms in total. The predicted molar refractivity (Wildman–Crippen MR) is 174 cm³/mol. The molecule has 0 aliphatic carbocycles. The van der Waals surface area contributed by atoms with Gasteiger partial charge in [-0.15, -0.1) is 0 Å². The molecule has 6 rings (SSSR count). The SMILES string of the molecule is CN(C)CCOc1cc(F)cc(-c2cccc3[nH]c(-c4n[nH]c5ccc(-c6cncc(NC(=O)C(C)(C)C)c6)cc45)cc23)c1. The van der Waals surface area contributed by atoms with Crippen LogP contribution < -0.4 is 10.1 Å². The topological polar surface area (TPSA) is 98.9 Å². The van der Waals surface area contributed by atoms with Gasteiger partial charge in [0.1, 0.15) is 23.9 Å². The molecule has 3 aromatic heterocycles. The van der Waals surface area contributed by atoms with Crippen molar-refractivity contribution in [2.75, 3.05) is 32.6 Å². The summed E-state index contributed by atoms with van der Waals surface area (Å²) in [6.07, 6.45) is 3.43. The van der Waals surface area contributed by atoms with Crippen LogP contribution in [-0.4, -0.2) is 58.2 Å². The lowest BCUT2D eigenvalue weighted by Gasteiger charge is -2.17. The average molecular weight is 591 g/mol. The number of benzene rings is 3. The third kappa shape index (κ3) is 6.05. The summed E-state index contributed by atoms with van der Waals surface area (Å²) in [4.78, 5) is 22.4. The lowest BCUT2D eigenvalue weighted by atomic mass is 9.95.